The van der Waals surface area contributed by atoms with Crippen molar-refractivity contribution in [1.82, 2.24) is 18.9 Å². The average Bonchev–Trinajstić information content (AvgIpc) is 1.66. The number of hydrogen-bond acceptors (Lipinski definition) is 17. The van der Waals surface area contributed by atoms with Crippen LogP contribution >= 0.6 is 22.7 Å². The summed E-state index contributed by atoms with van der Waals surface area (Å²) >= 11 is 3.60. The van der Waals surface area contributed by atoms with Crippen LogP contribution in [0.15, 0.2) is 160 Å². The minimum atomic E-state index is -0.876. The number of aliphatic hydroxyl groups is 1. The molecule has 4 aromatic heterocycles. The SMILES string of the molecule is CCCCCCCCCCCCCCO.CCCCCCCCCCCCCCOC(=O)OCn1c(=O)ccc2ccc(OCCCCN3CCN(c4cccc5sccc45)CC3)cc21.O=C(OCn1c(=O)ccc2ccc(OCCCCN3CCN(c4cccc5sccc45)CC3)cc21)Oc1ccccc1. The molecule has 0 unspecified atom stereocenters. The highest BCUT2D eigenvalue weighted by Crippen LogP contribution is 2.33. The Hall–Kier alpha value is -7.94. The van der Waals surface area contributed by atoms with Gasteiger partial charge in [-0.1, -0.05) is 185 Å². The van der Waals surface area contributed by atoms with Gasteiger partial charge in [0, 0.05) is 115 Å². The zero-order valence-corrected chi connectivity index (χ0v) is 65.7. The van der Waals surface area contributed by atoms with Gasteiger partial charge in [-0.2, -0.15) is 0 Å². The first-order valence-corrected chi connectivity index (χ1v) is 42.1. The molecule has 0 spiro atoms. The lowest BCUT2D eigenvalue weighted by Crippen LogP contribution is -2.46. The van der Waals surface area contributed by atoms with Gasteiger partial charge in [-0.15, -0.1) is 22.7 Å². The topological polar surface area (TPSA) is 167 Å². The fourth-order valence-corrected chi connectivity index (χ4v) is 15.7. The van der Waals surface area contributed by atoms with Crippen molar-refractivity contribution in [3.63, 3.8) is 0 Å². The van der Waals surface area contributed by atoms with Gasteiger partial charge in [0.2, 0.25) is 0 Å². The number of aromatic nitrogens is 2. The molecule has 2 saturated heterocycles. The summed E-state index contributed by atoms with van der Waals surface area (Å²) in [5.41, 5.74) is 3.48. The number of rotatable bonds is 44. The van der Waals surface area contributed by atoms with E-state index in [0.29, 0.717) is 54.7 Å². The maximum absolute atomic E-state index is 12.7. The van der Waals surface area contributed by atoms with Crippen molar-refractivity contribution < 1.29 is 43.1 Å². The lowest BCUT2D eigenvalue weighted by Gasteiger charge is -2.36. The molecule has 2 aliphatic rings. The highest BCUT2D eigenvalue weighted by molar-refractivity contribution is 7.17. The summed E-state index contributed by atoms with van der Waals surface area (Å²) in [7, 11) is 0. The second kappa shape index (κ2) is 48.5. The van der Waals surface area contributed by atoms with E-state index in [1.54, 1.807) is 59.1 Å². The van der Waals surface area contributed by atoms with Crippen LogP contribution in [0.25, 0.3) is 42.0 Å². The summed E-state index contributed by atoms with van der Waals surface area (Å²) in [6.45, 7) is 16.5. The second-order valence-electron chi connectivity index (χ2n) is 28.4. The molecule has 0 saturated carbocycles. The van der Waals surface area contributed by atoms with Crippen molar-refractivity contribution >= 4 is 88.3 Å². The number of piperazine rings is 2. The first-order chi connectivity index (χ1) is 52.7. The van der Waals surface area contributed by atoms with Crippen LogP contribution in [-0.4, -0.2) is 128 Å². The summed E-state index contributed by atoms with van der Waals surface area (Å²) in [5.74, 6) is 1.74. The number of ether oxygens (including phenoxy) is 6. The Balaban J connectivity index is 0.000000210. The standard InChI is InChI=1S/C41H57N3O5S.C33H33N3O5S.C14H30O/c1-2-3-4-5-6-7-8-9-10-11-12-14-30-48-41(46)49-33-44-38-32-35(21-19-34(38)20-22-40(44)45)47-29-15-13-24-42-25-27-43(28-26-42)37-17-16-18-39-36(37)23-31-50-39;37-32-14-12-25-11-13-27(23-30(25)36(32)24-40-33(38)41-26-7-2-1-3-8-26)39-21-5-4-16-34-17-19-35(20-18-34)29-9-6-10-31-28(29)15-22-42-31;1-2-3-4-5-6-7-8-9-10-11-12-13-14-15/h16-23,31-32H,2-15,24-30,33H2,1H3;1-3,6-15,22-23H,4-5,16-21,24H2;15H,2-14H2,1H3. The summed E-state index contributed by atoms with van der Waals surface area (Å²) in [4.78, 5) is 59.8. The summed E-state index contributed by atoms with van der Waals surface area (Å²) in [5, 5.41) is 17.4. The van der Waals surface area contributed by atoms with E-state index in [-0.39, 0.29) is 24.6 Å². The number of aliphatic hydroxyl groups excluding tert-OH is 1. The third kappa shape index (κ3) is 28.9. The molecule has 6 heterocycles. The van der Waals surface area contributed by atoms with E-state index < -0.39 is 12.3 Å². The number of carbonyl (C=O) groups excluding carboxylic acids is 2. The quantitative estimate of drug-likeness (QED) is 0.0217. The predicted octanol–water partition coefficient (Wildman–Crippen LogP) is 21.1. The number of anilines is 2. The minimum Gasteiger partial charge on any atom is -0.494 e. The van der Waals surface area contributed by atoms with Crippen LogP contribution in [-0.2, 0) is 27.7 Å². The molecule has 17 nitrogen and oxygen atoms in total. The van der Waals surface area contributed by atoms with Gasteiger partial charge in [0.25, 0.3) is 11.1 Å². The smallest absolute Gasteiger partial charge is 0.494 e. The molecule has 0 bridgehead atoms. The lowest BCUT2D eigenvalue weighted by molar-refractivity contribution is 0.0331. The van der Waals surface area contributed by atoms with E-state index in [4.69, 9.17) is 33.5 Å². The summed E-state index contributed by atoms with van der Waals surface area (Å²) in [6, 6.07) is 44.1. The summed E-state index contributed by atoms with van der Waals surface area (Å²) < 4.78 is 38.7. The number of pyridine rings is 2. The van der Waals surface area contributed by atoms with E-state index in [0.717, 1.165) is 128 Å². The largest absolute Gasteiger partial charge is 0.515 e. The molecule has 2 fully saturated rings. The molecule has 580 valence electrons. The van der Waals surface area contributed by atoms with Crippen LogP contribution in [0.5, 0.6) is 17.2 Å². The molecule has 0 atom stereocenters. The number of unbranched alkanes of at least 4 members (excludes halogenated alkanes) is 24. The van der Waals surface area contributed by atoms with Gasteiger partial charge < -0.3 is 43.3 Å². The number of benzene rings is 5. The molecular formula is C88H120N6O11S2. The van der Waals surface area contributed by atoms with Gasteiger partial charge in [0.05, 0.1) is 30.9 Å². The van der Waals surface area contributed by atoms with E-state index in [1.165, 1.54) is 181 Å². The zero-order chi connectivity index (χ0) is 74.7. The van der Waals surface area contributed by atoms with E-state index in [2.05, 4.69) is 92.7 Å². The fraction of sp³-hybridized carbons (Fsp3) is 0.523. The van der Waals surface area contributed by atoms with Gasteiger partial charge in [0.1, 0.15) is 17.2 Å². The third-order valence-electron chi connectivity index (χ3n) is 20.4. The molecule has 11 rings (SSSR count). The number of nitrogens with zero attached hydrogens (tertiary/aromatic N) is 6. The molecule has 5 aromatic carbocycles. The van der Waals surface area contributed by atoms with Crippen molar-refractivity contribution in [2.75, 3.05) is 102 Å². The van der Waals surface area contributed by atoms with Crippen molar-refractivity contribution in [2.24, 2.45) is 0 Å². The highest BCUT2D eigenvalue weighted by Gasteiger charge is 2.21. The van der Waals surface area contributed by atoms with Crippen molar-refractivity contribution in [3.05, 3.63) is 171 Å². The molecule has 107 heavy (non-hydrogen) atoms. The number of hydrogen-bond donors (Lipinski definition) is 1. The van der Waals surface area contributed by atoms with Gasteiger partial charge in [-0.3, -0.25) is 28.5 Å². The monoisotopic (exact) mass is 1500 g/mol. The normalized spacial score (nSPS) is 13.3. The van der Waals surface area contributed by atoms with Gasteiger partial charge in [-0.25, -0.2) is 9.59 Å². The number of para-hydroxylation sites is 1. The Morgan fingerprint density at radius 2 is 0.785 bits per heavy atom. The first-order valence-electron chi connectivity index (χ1n) is 40.4. The van der Waals surface area contributed by atoms with Gasteiger partial charge in [-0.05, 0) is 158 Å². The molecule has 0 radical (unpaired) electrons. The van der Waals surface area contributed by atoms with E-state index in [9.17, 15) is 19.2 Å². The number of thiophene rings is 2. The molecule has 19 heteroatoms. The van der Waals surface area contributed by atoms with Gasteiger partial charge in [0.15, 0.2) is 13.5 Å². The maximum atomic E-state index is 12.7. The molecule has 0 aliphatic carbocycles. The molecular weight excluding hydrogens is 1380 g/mol. The lowest BCUT2D eigenvalue weighted by atomic mass is 10.1. The van der Waals surface area contributed by atoms with E-state index >= 15 is 0 Å². The van der Waals surface area contributed by atoms with Crippen LogP contribution in [0.4, 0.5) is 21.0 Å². The summed E-state index contributed by atoms with van der Waals surface area (Å²) in [6.07, 6.45) is 33.6. The zero-order valence-electron chi connectivity index (χ0n) is 64.1. The van der Waals surface area contributed by atoms with Crippen molar-refractivity contribution in [1.29, 1.82) is 0 Å². The Morgan fingerprint density at radius 1 is 0.383 bits per heavy atom. The van der Waals surface area contributed by atoms with E-state index in [1.807, 2.05) is 42.5 Å². The van der Waals surface area contributed by atoms with Crippen LogP contribution in [0.1, 0.15) is 194 Å². The molecule has 1 N–H and O–H groups in total. The molecule has 9 aromatic rings. The van der Waals surface area contributed by atoms with Crippen LogP contribution in [0.3, 0.4) is 0 Å². The highest BCUT2D eigenvalue weighted by atomic mass is 32.1. The molecule has 0 amide bonds. The Labute approximate surface area is 643 Å². The van der Waals surface area contributed by atoms with Crippen molar-refractivity contribution in [3.8, 4) is 17.2 Å². The number of fused-ring (bicyclic) bond motifs is 4. The third-order valence-corrected chi connectivity index (χ3v) is 22.1. The second-order valence-corrected chi connectivity index (χ2v) is 30.3. The fourth-order valence-electron chi connectivity index (χ4n) is 14.1. The Kier molecular flexibility index (Phi) is 37.6. The van der Waals surface area contributed by atoms with Crippen LogP contribution in [0, 0.1) is 0 Å². The Bertz CT molecular complexity index is 4090. The van der Waals surface area contributed by atoms with Gasteiger partial charge >= 0.3 is 12.3 Å². The molecule has 2 aliphatic heterocycles. The average molecular weight is 1500 g/mol. The van der Waals surface area contributed by atoms with Crippen LogP contribution < -0.4 is 35.1 Å². The predicted molar refractivity (Wildman–Crippen MR) is 442 cm³/mol. The van der Waals surface area contributed by atoms with Crippen molar-refractivity contribution in [2.45, 2.75) is 207 Å². The first kappa shape index (κ1) is 83.1. The number of carbonyl (C=O) groups is 2. The van der Waals surface area contributed by atoms with Crippen LogP contribution in [0.2, 0.25) is 0 Å². The maximum Gasteiger partial charge on any atom is 0.515 e. The Morgan fingerprint density at radius 3 is 1.22 bits per heavy atom. The minimum absolute atomic E-state index is 0.202.